The van der Waals surface area contributed by atoms with E-state index in [2.05, 4.69) is 20.9 Å². The number of rotatable bonds is 5. The Morgan fingerprint density at radius 3 is 2.36 bits per heavy atom. The Labute approximate surface area is 158 Å². The molecule has 1 heterocycles. The summed E-state index contributed by atoms with van der Waals surface area (Å²) in [6.45, 7) is 0.580. The van der Waals surface area contributed by atoms with Crippen LogP contribution in [0, 0.1) is 0 Å². The number of anilines is 1. The van der Waals surface area contributed by atoms with Crippen LogP contribution in [0.3, 0.4) is 0 Å². The van der Waals surface area contributed by atoms with Crippen LogP contribution in [0.2, 0.25) is 15.1 Å². The summed E-state index contributed by atoms with van der Waals surface area (Å²) in [4.78, 5) is 16.1. The van der Waals surface area contributed by atoms with Crippen LogP contribution in [0.1, 0.15) is 15.9 Å². The van der Waals surface area contributed by atoms with E-state index in [1.54, 1.807) is 23.1 Å². The van der Waals surface area contributed by atoms with Crippen LogP contribution >= 0.6 is 34.8 Å². The minimum absolute atomic E-state index is 0.306. The molecule has 0 aliphatic heterocycles. The number of carbonyl (C=O) groups is 1. The van der Waals surface area contributed by atoms with E-state index < -0.39 is 0 Å². The molecule has 1 amide bonds. The van der Waals surface area contributed by atoms with E-state index in [1.165, 1.54) is 18.5 Å². The monoisotopic (exact) mass is 395 g/mol. The number of hydrazine groups is 1. The van der Waals surface area contributed by atoms with Crippen molar-refractivity contribution in [3.8, 4) is 0 Å². The fourth-order valence-corrected chi connectivity index (χ4v) is 3.03. The molecule has 1 aromatic heterocycles. The molecule has 0 saturated heterocycles. The van der Waals surface area contributed by atoms with Gasteiger partial charge in [-0.3, -0.25) is 15.6 Å². The number of hydrogen-bond donors (Lipinski definition) is 2. The summed E-state index contributed by atoms with van der Waals surface area (Å²) in [6.07, 6.45) is 3.10. The average molecular weight is 397 g/mol. The van der Waals surface area contributed by atoms with Crippen molar-refractivity contribution in [2.75, 3.05) is 5.43 Å². The Hall–Kier alpha value is -2.28. The molecule has 2 aromatic carbocycles. The third kappa shape index (κ3) is 4.42. The van der Waals surface area contributed by atoms with Crippen molar-refractivity contribution in [1.29, 1.82) is 0 Å². The zero-order valence-corrected chi connectivity index (χ0v) is 15.0. The molecule has 9 heteroatoms. The first kappa shape index (κ1) is 17.5. The summed E-state index contributed by atoms with van der Waals surface area (Å²) in [5.74, 6) is -0.325. The largest absolute Gasteiger partial charge is 0.295 e. The fraction of sp³-hybridized carbons (Fsp3) is 0.0625. The predicted molar refractivity (Wildman–Crippen MR) is 98.1 cm³/mol. The highest BCUT2D eigenvalue weighted by Gasteiger charge is 2.10. The third-order valence-corrected chi connectivity index (χ3v) is 4.15. The second-order valence-electron chi connectivity index (χ2n) is 5.11. The maximum absolute atomic E-state index is 12.2. The number of carbonyl (C=O) groups excluding carboxylic acids is 1. The summed E-state index contributed by atoms with van der Waals surface area (Å²) >= 11 is 18.0. The highest BCUT2D eigenvalue weighted by atomic mass is 35.5. The molecule has 25 heavy (non-hydrogen) atoms. The first-order valence-electron chi connectivity index (χ1n) is 7.15. The Balaban J connectivity index is 1.63. The van der Waals surface area contributed by atoms with Gasteiger partial charge in [-0.25, -0.2) is 9.67 Å². The van der Waals surface area contributed by atoms with Crippen LogP contribution in [-0.4, -0.2) is 20.7 Å². The third-order valence-electron chi connectivity index (χ3n) is 3.34. The first-order valence-corrected chi connectivity index (χ1v) is 8.28. The van der Waals surface area contributed by atoms with Gasteiger partial charge in [0, 0.05) is 10.6 Å². The number of benzene rings is 2. The SMILES string of the molecule is O=C(NNc1c(Cl)cc(Cl)cc1Cl)c1ccc(Cn2cncn2)cc1. The van der Waals surface area contributed by atoms with Crippen molar-refractivity contribution in [2.45, 2.75) is 6.54 Å². The Morgan fingerprint density at radius 1 is 1.08 bits per heavy atom. The lowest BCUT2D eigenvalue weighted by atomic mass is 10.1. The van der Waals surface area contributed by atoms with E-state index in [0.29, 0.717) is 32.9 Å². The zero-order chi connectivity index (χ0) is 17.8. The minimum atomic E-state index is -0.325. The van der Waals surface area contributed by atoms with Crippen molar-refractivity contribution in [2.24, 2.45) is 0 Å². The van der Waals surface area contributed by atoms with Crippen molar-refractivity contribution in [3.05, 3.63) is 75.2 Å². The van der Waals surface area contributed by atoms with E-state index in [9.17, 15) is 4.79 Å². The average Bonchev–Trinajstić information content (AvgIpc) is 3.07. The van der Waals surface area contributed by atoms with Gasteiger partial charge >= 0.3 is 0 Å². The van der Waals surface area contributed by atoms with Crippen LogP contribution in [-0.2, 0) is 6.54 Å². The van der Waals surface area contributed by atoms with Crippen LogP contribution in [0.25, 0.3) is 0 Å². The van der Waals surface area contributed by atoms with Gasteiger partial charge in [-0.1, -0.05) is 46.9 Å². The minimum Gasteiger partial charge on any atom is -0.295 e. The number of amides is 1. The van der Waals surface area contributed by atoms with Crippen LogP contribution < -0.4 is 10.9 Å². The van der Waals surface area contributed by atoms with Gasteiger partial charge in [-0.15, -0.1) is 0 Å². The van der Waals surface area contributed by atoms with Gasteiger partial charge in [-0.05, 0) is 29.8 Å². The number of nitrogens with zero attached hydrogens (tertiary/aromatic N) is 3. The van der Waals surface area contributed by atoms with Crippen LogP contribution in [0.4, 0.5) is 5.69 Å². The lowest BCUT2D eigenvalue weighted by molar-refractivity contribution is 0.0962. The Morgan fingerprint density at radius 2 is 1.76 bits per heavy atom. The maximum Gasteiger partial charge on any atom is 0.269 e. The van der Waals surface area contributed by atoms with Gasteiger partial charge in [0.2, 0.25) is 0 Å². The molecule has 0 unspecified atom stereocenters. The molecule has 128 valence electrons. The van der Waals surface area contributed by atoms with Crippen LogP contribution in [0.15, 0.2) is 49.1 Å². The Bertz CT molecular complexity index is 858. The topological polar surface area (TPSA) is 71.8 Å². The number of halogens is 3. The lowest BCUT2D eigenvalue weighted by Gasteiger charge is -2.12. The van der Waals surface area contributed by atoms with Crippen molar-refractivity contribution in [1.82, 2.24) is 20.2 Å². The number of nitrogens with one attached hydrogen (secondary N) is 2. The summed E-state index contributed by atoms with van der Waals surface area (Å²) in [6, 6.07) is 10.2. The molecule has 0 atom stereocenters. The molecule has 3 aromatic rings. The second-order valence-corrected chi connectivity index (χ2v) is 6.36. The van der Waals surface area contributed by atoms with E-state index in [4.69, 9.17) is 34.8 Å². The molecule has 2 N–H and O–H groups in total. The smallest absolute Gasteiger partial charge is 0.269 e. The molecular formula is C16H12Cl3N5O. The summed E-state index contributed by atoms with van der Waals surface area (Å²) in [5, 5.41) is 5.06. The highest BCUT2D eigenvalue weighted by molar-refractivity contribution is 6.41. The normalized spacial score (nSPS) is 10.5. The molecule has 3 rings (SSSR count). The van der Waals surface area contributed by atoms with Crippen LogP contribution in [0.5, 0.6) is 0 Å². The molecule has 0 saturated carbocycles. The summed E-state index contributed by atoms with van der Waals surface area (Å²) < 4.78 is 1.70. The van der Waals surface area contributed by atoms with Crippen molar-refractivity contribution in [3.63, 3.8) is 0 Å². The van der Waals surface area contributed by atoms with Gasteiger partial charge in [0.25, 0.3) is 5.91 Å². The lowest BCUT2D eigenvalue weighted by Crippen LogP contribution is -2.29. The van der Waals surface area contributed by atoms with Gasteiger partial charge in [0.1, 0.15) is 12.7 Å². The fourth-order valence-electron chi connectivity index (χ4n) is 2.12. The molecule has 0 radical (unpaired) electrons. The molecule has 0 bridgehead atoms. The van der Waals surface area contributed by atoms with Gasteiger partial charge in [-0.2, -0.15) is 5.10 Å². The molecule has 0 aliphatic rings. The van der Waals surface area contributed by atoms with Gasteiger partial charge < -0.3 is 0 Å². The predicted octanol–water partition coefficient (Wildman–Crippen LogP) is 4.04. The van der Waals surface area contributed by atoms with Gasteiger partial charge in [0.05, 0.1) is 22.3 Å². The summed E-state index contributed by atoms with van der Waals surface area (Å²) in [7, 11) is 0. The van der Waals surface area contributed by atoms with Crippen molar-refractivity contribution < 1.29 is 4.79 Å². The van der Waals surface area contributed by atoms with Gasteiger partial charge in [0.15, 0.2) is 0 Å². The number of aromatic nitrogens is 3. The van der Waals surface area contributed by atoms with E-state index in [1.807, 2.05) is 12.1 Å². The number of hydrogen-bond acceptors (Lipinski definition) is 4. The van der Waals surface area contributed by atoms with E-state index >= 15 is 0 Å². The zero-order valence-electron chi connectivity index (χ0n) is 12.7. The molecule has 0 aliphatic carbocycles. The summed E-state index contributed by atoms with van der Waals surface area (Å²) in [5.41, 5.74) is 7.13. The maximum atomic E-state index is 12.2. The molecule has 0 fully saturated rings. The highest BCUT2D eigenvalue weighted by Crippen LogP contribution is 2.33. The Kier molecular flexibility index (Phi) is 5.43. The molecule has 0 spiro atoms. The molecule has 6 nitrogen and oxygen atoms in total. The molecular weight excluding hydrogens is 385 g/mol. The first-order chi connectivity index (χ1) is 12.0. The second kappa shape index (κ2) is 7.74. The van der Waals surface area contributed by atoms with E-state index in [0.717, 1.165) is 5.56 Å². The quantitative estimate of drug-likeness (QED) is 0.638. The standard InChI is InChI=1S/C16H12Cl3N5O/c17-12-5-13(18)15(14(19)6-12)22-23-16(25)11-3-1-10(2-4-11)7-24-9-20-8-21-24/h1-6,8-9,22H,7H2,(H,23,25). The van der Waals surface area contributed by atoms with Crippen molar-refractivity contribution >= 4 is 46.4 Å². The van der Waals surface area contributed by atoms with E-state index in [-0.39, 0.29) is 5.91 Å².